The van der Waals surface area contributed by atoms with Crippen molar-refractivity contribution in [2.45, 2.75) is 42.7 Å². The molecule has 0 aliphatic carbocycles. The van der Waals surface area contributed by atoms with Gasteiger partial charge in [-0.05, 0) is 63.1 Å². The van der Waals surface area contributed by atoms with E-state index in [9.17, 15) is 13.2 Å². The van der Waals surface area contributed by atoms with Crippen molar-refractivity contribution >= 4 is 42.8 Å². The van der Waals surface area contributed by atoms with Crippen LogP contribution in [0.5, 0.6) is 0 Å². The summed E-state index contributed by atoms with van der Waals surface area (Å²) < 4.78 is 32.6. The van der Waals surface area contributed by atoms with E-state index in [2.05, 4.69) is 26.2 Å². The summed E-state index contributed by atoms with van der Waals surface area (Å²) in [4.78, 5) is 15.2. The van der Waals surface area contributed by atoms with Gasteiger partial charge in [0.2, 0.25) is 9.84 Å². The van der Waals surface area contributed by atoms with E-state index in [-0.39, 0.29) is 16.5 Å². The van der Waals surface area contributed by atoms with Gasteiger partial charge in [-0.2, -0.15) is 0 Å². The highest BCUT2D eigenvalue weighted by Gasteiger charge is 2.25. The Balaban J connectivity index is 1.96. The van der Waals surface area contributed by atoms with E-state index in [0.717, 1.165) is 15.4 Å². The quantitative estimate of drug-likeness (QED) is 0.549. The molecule has 0 bridgehead atoms. The molecular weight excluding hydrogens is 456 g/mol. The molecule has 3 rings (SSSR count). The number of alkyl carbamates (subject to hydrolysis) is 1. The summed E-state index contributed by atoms with van der Waals surface area (Å²) >= 11 is 3.44. The molecule has 0 atom stereocenters. The van der Waals surface area contributed by atoms with Crippen molar-refractivity contribution in [2.24, 2.45) is 0 Å². The first-order chi connectivity index (χ1) is 13.6. The molecule has 1 heterocycles. The number of aromatic amines is 1. The lowest BCUT2D eigenvalue weighted by atomic mass is 10.1. The van der Waals surface area contributed by atoms with Crippen LogP contribution in [0.15, 0.2) is 62.9 Å². The molecule has 0 unspecified atom stereocenters. The highest BCUT2D eigenvalue weighted by molar-refractivity contribution is 9.10. The van der Waals surface area contributed by atoms with Gasteiger partial charge in [0.25, 0.3) is 0 Å². The van der Waals surface area contributed by atoms with Gasteiger partial charge in [0.05, 0.1) is 4.90 Å². The number of hydrogen-bond donors (Lipinski definition) is 2. The summed E-state index contributed by atoms with van der Waals surface area (Å²) in [7, 11) is -3.74. The number of rotatable bonds is 5. The molecule has 0 fully saturated rings. The Morgan fingerprint density at radius 1 is 1.14 bits per heavy atom. The molecule has 2 aromatic carbocycles. The Morgan fingerprint density at radius 2 is 1.83 bits per heavy atom. The Morgan fingerprint density at radius 3 is 2.48 bits per heavy atom. The Labute approximate surface area is 178 Å². The van der Waals surface area contributed by atoms with E-state index in [1.165, 1.54) is 0 Å². The van der Waals surface area contributed by atoms with Gasteiger partial charge in [0.15, 0.2) is 0 Å². The second kappa shape index (κ2) is 8.20. The van der Waals surface area contributed by atoms with E-state index < -0.39 is 21.5 Å². The summed E-state index contributed by atoms with van der Waals surface area (Å²) in [6.45, 7) is 5.60. The molecule has 0 spiro atoms. The molecule has 0 aliphatic heterocycles. The van der Waals surface area contributed by atoms with Gasteiger partial charge in [-0.15, -0.1) is 0 Å². The number of sulfone groups is 1. The number of amides is 1. The third kappa shape index (κ3) is 5.00. The molecule has 0 radical (unpaired) electrons. The van der Waals surface area contributed by atoms with Crippen LogP contribution in [-0.4, -0.2) is 31.6 Å². The fourth-order valence-electron chi connectivity index (χ4n) is 2.99. The molecule has 8 heteroatoms. The van der Waals surface area contributed by atoms with Gasteiger partial charge >= 0.3 is 6.09 Å². The maximum atomic E-state index is 13.2. The van der Waals surface area contributed by atoms with Crippen LogP contribution in [0.3, 0.4) is 0 Å². The summed E-state index contributed by atoms with van der Waals surface area (Å²) in [6.07, 6.45) is -0.206. The van der Waals surface area contributed by atoms with Crippen molar-refractivity contribution in [3.8, 4) is 0 Å². The van der Waals surface area contributed by atoms with Gasteiger partial charge in [0, 0.05) is 21.9 Å². The number of aromatic nitrogens is 1. The molecule has 154 valence electrons. The summed E-state index contributed by atoms with van der Waals surface area (Å²) in [5.41, 5.74) is 0.744. The van der Waals surface area contributed by atoms with Crippen molar-refractivity contribution in [2.75, 3.05) is 6.54 Å². The largest absolute Gasteiger partial charge is 0.444 e. The fourth-order valence-corrected chi connectivity index (χ4v) is 4.89. The standard InChI is InChI=1S/C21H23BrN2O4S/c1-21(2,3)28-20(25)23-12-11-16-17-13-14(22)9-10-18(17)24-19(16)29(26,27)15-7-5-4-6-8-15/h4-10,13,24H,11-12H2,1-3H3,(H,23,25). The number of halogens is 1. The minimum absolute atomic E-state index is 0.141. The first-order valence-electron chi connectivity index (χ1n) is 9.15. The Kier molecular flexibility index (Phi) is 6.05. The summed E-state index contributed by atoms with van der Waals surface area (Å²) in [5.74, 6) is 0. The number of carbonyl (C=O) groups is 1. The number of carbonyl (C=O) groups excluding carboxylic acids is 1. The van der Waals surface area contributed by atoms with Gasteiger partial charge < -0.3 is 15.0 Å². The van der Waals surface area contributed by atoms with Crippen LogP contribution in [0.1, 0.15) is 26.3 Å². The number of ether oxygens (including phenoxy) is 1. The predicted molar refractivity (Wildman–Crippen MR) is 116 cm³/mol. The van der Waals surface area contributed by atoms with Crippen LogP contribution in [0.2, 0.25) is 0 Å². The number of H-pyrrole nitrogens is 1. The first-order valence-corrected chi connectivity index (χ1v) is 11.4. The van der Waals surface area contributed by atoms with Gasteiger partial charge in [-0.1, -0.05) is 34.1 Å². The van der Waals surface area contributed by atoms with Crippen molar-refractivity contribution in [3.63, 3.8) is 0 Å². The van der Waals surface area contributed by atoms with Crippen LogP contribution in [0, 0.1) is 0 Å². The van der Waals surface area contributed by atoms with Crippen molar-refractivity contribution < 1.29 is 17.9 Å². The second-order valence-corrected chi connectivity index (χ2v) is 10.4. The minimum atomic E-state index is -3.74. The van der Waals surface area contributed by atoms with Crippen molar-refractivity contribution in [1.29, 1.82) is 0 Å². The van der Waals surface area contributed by atoms with E-state index >= 15 is 0 Å². The SMILES string of the molecule is CC(C)(C)OC(=O)NCCc1c(S(=O)(=O)c2ccccc2)[nH]c2ccc(Br)cc12. The topological polar surface area (TPSA) is 88.3 Å². The molecule has 0 saturated carbocycles. The smallest absolute Gasteiger partial charge is 0.407 e. The van der Waals surface area contributed by atoms with Crippen LogP contribution in [0.4, 0.5) is 4.79 Å². The van der Waals surface area contributed by atoms with Crippen LogP contribution >= 0.6 is 15.9 Å². The molecule has 1 amide bonds. The first kappa shape index (κ1) is 21.4. The summed E-state index contributed by atoms with van der Waals surface area (Å²) in [5, 5.41) is 3.63. The highest BCUT2D eigenvalue weighted by Crippen LogP contribution is 2.32. The van der Waals surface area contributed by atoms with Crippen LogP contribution in [-0.2, 0) is 21.0 Å². The molecular formula is C21H23BrN2O4S. The monoisotopic (exact) mass is 478 g/mol. The maximum Gasteiger partial charge on any atom is 0.407 e. The lowest BCUT2D eigenvalue weighted by molar-refractivity contribution is 0.0528. The molecule has 3 aromatic rings. The molecule has 0 aliphatic rings. The molecule has 2 N–H and O–H groups in total. The van der Waals surface area contributed by atoms with E-state index in [1.54, 1.807) is 51.1 Å². The third-order valence-corrected chi connectivity index (χ3v) is 6.47. The average Bonchev–Trinajstić information content (AvgIpc) is 3.00. The van der Waals surface area contributed by atoms with Crippen molar-refractivity contribution in [3.05, 3.63) is 58.6 Å². The Bertz CT molecular complexity index is 1130. The number of fused-ring (bicyclic) bond motifs is 1. The number of benzene rings is 2. The van der Waals surface area contributed by atoms with Crippen LogP contribution < -0.4 is 5.32 Å². The van der Waals surface area contributed by atoms with Gasteiger partial charge in [-0.3, -0.25) is 0 Å². The van der Waals surface area contributed by atoms with Crippen LogP contribution in [0.25, 0.3) is 10.9 Å². The molecule has 1 aromatic heterocycles. The second-order valence-electron chi connectivity index (χ2n) is 7.62. The highest BCUT2D eigenvalue weighted by atomic mass is 79.9. The number of hydrogen-bond acceptors (Lipinski definition) is 4. The normalized spacial score (nSPS) is 12.1. The minimum Gasteiger partial charge on any atom is -0.444 e. The van der Waals surface area contributed by atoms with E-state index in [1.807, 2.05) is 18.2 Å². The lowest BCUT2D eigenvalue weighted by Crippen LogP contribution is -2.33. The zero-order valence-electron chi connectivity index (χ0n) is 16.5. The van der Waals surface area contributed by atoms with E-state index in [4.69, 9.17) is 4.74 Å². The third-order valence-electron chi connectivity index (χ3n) is 4.19. The number of nitrogens with one attached hydrogen (secondary N) is 2. The Hall–Kier alpha value is -2.32. The van der Waals surface area contributed by atoms with Crippen molar-refractivity contribution in [1.82, 2.24) is 10.3 Å². The summed E-state index contributed by atoms with van der Waals surface area (Å²) in [6, 6.07) is 13.8. The fraction of sp³-hybridized carbons (Fsp3) is 0.286. The zero-order valence-corrected chi connectivity index (χ0v) is 18.9. The average molecular weight is 479 g/mol. The van der Waals surface area contributed by atoms with Gasteiger partial charge in [0.1, 0.15) is 10.6 Å². The molecule has 29 heavy (non-hydrogen) atoms. The zero-order chi connectivity index (χ0) is 21.2. The van der Waals surface area contributed by atoms with Gasteiger partial charge in [-0.25, -0.2) is 13.2 Å². The molecule has 6 nitrogen and oxygen atoms in total. The lowest BCUT2D eigenvalue weighted by Gasteiger charge is -2.19. The maximum absolute atomic E-state index is 13.2. The predicted octanol–water partition coefficient (Wildman–Crippen LogP) is 4.83. The van der Waals surface area contributed by atoms with E-state index in [0.29, 0.717) is 12.0 Å². The molecule has 0 saturated heterocycles.